The molecule has 0 atom stereocenters. The van der Waals surface area contributed by atoms with E-state index in [4.69, 9.17) is 10.2 Å². The van der Waals surface area contributed by atoms with Gasteiger partial charge in [0.15, 0.2) is 10.7 Å². The van der Waals surface area contributed by atoms with E-state index in [9.17, 15) is 0 Å². The molecule has 0 unspecified atom stereocenters. The van der Waals surface area contributed by atoms with Crippen LogP contribution in [-0.2, 0) is 0 Å². The Morgan fingerprint density at radius 2 is 2.00 bits per heavy atom. The molecule has 104 valence electrons. The van der Waals surface area contributed by atoms with Gasteiger partial charge in [-0.2, -0.15) is 4.98 Å². The van der Waals surface area contributed by atoms with Gasteiger partial charge in [0.2, 0.25) is 0 Å². The number of rotatable bonds is 2. The van der Waals surface area contributed by atoms with Gasteiger partial charge >= 0.3 is 6.01 Å². The summed E-state index contributed by atoms with van der Waals surface area (Å²) in [6, 6.07) is 12.0. The van der Waals surface area contributed by atoms with Crippen LogP contribution in [0.3, 0.4) is 0 Å². The van der Waals surface area contributed by atoms with E-state index in [-0.39, 0.29) is 0 Å². The third-order valence-corrected chi connectivity index (χ3v) is 4.10. The monoisotopic (exact) mass is 296 g/mol. The van der Waals surface area contributed by atoms with E-state index >= 15 is 0 Å². The average Bonchev–Trinajstić information content (AvgIpc) is 3.00. The molecule has 4 aromatic rings. The first-order valence-electron chi connectivity index (χ1n) is 6.48. The lowest BCUT2D eigenvalue weighted by molar-refractivity contribution is 0.623. The highest BCUT2D eigenvalue weighted by Crippen LogP contribution is 2.30. The first-order chi connectivity index (χ1) is 10.2. The van der Waals surface area contributed by atoms with Crippen molar-refractivity contribution in [3.8, 4) is 0 Å². The highest BCUT2D eigenvalue weighted by molar-refractivity contribution is 7.22. The Hall–Kier alpha value is -2.60. The Morgan fingerprint density at radius 1 is 1.10 bits per heavy atom. The van der Waals surface area contributed by atoms with Gasteiger partial charge in [0.25, 0.3) is 0 Å². The number of anilines is 3. The van der Waals surface area contributed by atoms with E-state index in [1.165, 1.54) is 11.3 Å². The summed E-state index contributed by atoms with van der Waals surface area (Å²) >= 11 is 1.52. The van der Waals surface area contributed by atoms with Crippen molar-refractivity contribution < 1.29 is 4.42 Å². The van der Waals surface area contributed by atoms with E-state index in [1.807, 2.05) is 43.3 Å². The van der Waals surface area contributed by atoms with Crippen LogP contribution < -0.4 is 11.1 Å². The first kappa shape index (κ1) is 12.2. The summed E-state index contributed by atoms with van der Waals surface area (Å²) in [7, 11) is 0. The van der Waals surface area contributed by atoms with Gasteiger partial charge in [-0.25, -0.2) is 4.98 Å². The number of nitrogens with two attached hydrogens (primary N) is 1. The zero-order valence-corrected chi connectivity index (χ0v) is 12.1. The maximum Gasteiger partial charge on any atom is 0.302 e. The van der Waals surface area contributed by atoms with Gasteiger partial charge in [-0.1, -0.05) is 17.4 Å². The smallest absolute Gasteiger partial charge is 0.302 e. The number of aryl methyl sites for hydroxylation is 1. The van der Waals surface area contributed by atoms with Crippen molar-refractivity contribution in [2.75, 3.05) is 11.1 Å². The van der Waals surface area contributed by atoms with Crippen LogP contribution in [0, 0.1) is 6.92 Å². The molecule has 5 nitrogen and oxygen atoms in total. The molecular weight excluding hydrogens is 284 g/mol. The molecule has 0 saturated heterocycles. The number of aromatic nitrogens is 2. The normalized spacial score (nSPS) is 11.3. The molecule has 2 heterocycles. The van der Waals surface area contributed by atoms with Gasteiger partial charge in [0.05, 0.1) is 10.2 Å². The summed E-state index contributed by atoms with van der Waals surface area (Å²) in [6.45, 7) is 2.03. The molecule has 0 spiro atoms. The summed E-state index contributed by atoms with van der Waals surface area (Å²) in [5.41, 5.74) is 10.2. The second kappa shape index (κ2) is 4.46. The number of nitrogen functional groups attached to an aromatic ring is 1. The molecule has 0 amide bonds. The minimum Gasteiger partial charge on any atom is -0.423 e. The van der Waals surface area contributed by atoms with Crippen LogP contribution in [-0.4, -0.2) is 9.97 Å². The number of oxazole rings is 1. The minimum atomic E-state index is 0.447. The largest absolute Gasteiger partial charge is 0.423 e. The summed E-state index contributed by atoms with van der Waals surface area (Å²) in [5.74, 6) is 0. The molecule has 0 bridgehead atoms. The predicted octanol–water partition coefficient (Wildman–Crippen LogP) is 4.07. The van der Waals surface area contributed by atoms with Crippen molar-refractivity contribution in [1.29, 1.82) is 0 Å². The van der Waals surface area contributed by atoms with Gasteiger partial charge in [-0.05, 0) is 42.8 Å². The maximum atomic E-state index is 5.78. The van der Waals surface area contributed by atoms with Crippen LogP contribution in [0.4, 0.5) is 16.8 Å². The van der Waals surface area contributed by atoms with Gasteiger partial charge in [0, 0.05) is 5.69 Å². The fraction of sp³-hybridized carbons (Fsp3) is 0.0667. The Labute approximate surface area is 124 Å². The fourth-order valence-electron chi connectivity index (χ4n) is 2.18. The van der Waals surface area contributed by atoms with Crippen LogP contribution in [0.1, 0.15) is 5.56 Å². The van der Waals surface area contributed by atoms with Crippen LogP contribution in [0.5, 0.6) is 0 Å². The molecule has 4 rings (SSSR count). The molecule has 0 aliphatic rings. The predicted molar refractivity (Wildman–Crippen MR) is 86.1 cm³/mol. The van der Waals surface area contributed by atoms with E-state index in [1.54, 1.807) is 0 Å². The number of benzene rings is 2. The number of nitrogens with one attached hydrogen (secondary N) is 1. The van der Waals surface area contributed by atoms with Crippen molar-refractivity contribution >= 4 is 49.5 Å². The number of hydrogen-bond donors (Lipinski definition) is 2. The van der Waals surface area contributed by atoms with Crippen molar-refractivity contribution in [1.82, 2.24) is 9.97 Å². The molecule has 0 aliphatic heterocycles. The molecular formula is C15H12N4OS. The first-order valence-corrected chi connectivity index (χ1v) is 7.29. The SMILES string of the molecule is Cc1ccc2oc(Nc3nc4ccc(N)cc4s3)nc2c1. The van der Waals surface area contributed by atoms with Crippen molar-refractivity contribution in [2.45, 2.75) is 6.92 Å². The van der Waals surface area contributed by atoms with Gasteiger partial charge in [0.1, 0.15) is 5.52 Å². The van der Waals surface area contributed by atoms with E-state index in [0.717, 1.165) is 37.7 Å². The summed E-state index contributed by atoms with van der Waals surface area (Å²) in [6.07, 6.45) is 0. The minimum absolute atomic E-state index is 0.447. The second-order valence-corrected chi connectivity index (χ2v) is 5.89. The van der Waals surface area contributed by atoms with Crippen molar-refractivity contribution in [2.24, 2.45) is 0 Å². The molecule has 0 saturated carbocycles. The highest BCUT2D eigenvalue weighted by Gasteiger charge is 2.09. The van der Waals surface area contributed by atoms with E-state index < -0.39 is 0 Å². The summed E-state index contributed by atoms with van der Waals surface area (Å²) < 4.78 is 6.70. The molecule has 2 aromatic heterocycles. The standard InChI is InChI=1S/C15H12N4OS/c1-8-2-5-12-11(6-8)17-14(20-12)19-15-18-10-4-3-9(16)7-13(10)21-15/h2-7H,16H2,1H3,(H,17,18,19). The van der Waals surface area contributed by atoms with Crippen molar-refractivity contribution in [3.05, 3.63) is 42.0 Å². The van der Waals surface area contributed by atoms with Gasteiger partial charge in [-0.15, -0.1) is 0 Å². The third kappa shape index (κ3) is 2.19. The number of thiazole rings is 1. The Bertz CT molecular complexity index is 879. The average molecular weight is 296 g/mol. The second-order valence-electron chi connectivity index (χ2n) is 4.86. The Kier molecular flexibility index (Phi) is 2.58. The zero-order chi connectivity index (χ0) is 14.4. The molecule has 21 heavy (non-hydrogen) atoms. The molecule has 0 aliphatic carbocycles. The lowest BCUT2D eigenvalue weighted by atomic mass is 10.2. The summed E-state index contributed by atoms with van der Waals surface area (Å²) in [4.78, 5) is 8.91. The fourth-order valence-corrected chi connectivity index (χ4v) is 3.08. The van der Waals surface area contributed by atoms with Crippen LogP contribution in [0.25, 0.3) is 21.3 Å². The van der Waals surface area contributed by atoms with Crippen LogP contribution in [0.15, 0.2) is 40.8 Å². The number of fused-ring (bicyclic) bond motifs is 2. The molecule has 6 heteroatoms. The molecule has 3 N–H and O–H groups in total. The maximum absolute atomic E-state index is 5.78. The van der Waals surface area contributed by atoms with Gasteiger partial charge in [-0.3, -0.25) is 5.32 Å². The number of nitrogens with zero attached hydrogens (tertiary/aromatic N) is 2. The van der Waals surface area contributed by atoms with Crippen LogP contribution in [0.2, 0.25) is 0 Å². The van der Waals surface area contributed by atoms with Crippen LogP contribution >= 0.6 is 11.3 Å². The van der Waals surface area contributed by atoms with Crippen molar-refractivity contribution in [3.63, 3.8) is 0 Å². The number of hydrogen-bond acceptors (Lipinski definition) is 6. The lowest BCUT2D eigenvalue weighted by Crippen LogP contribution is -1.88. The Balaban J connectivity index is 1.71. The van der Waals surface area contributed by atoms with E-state index in [0.29, 0.717) is 6.01 Å². The van der Waals surface area contributed by atoms with E-state index in [2.05, 4.69) is 15.3 Å². The highest BCUT2D eigenvalue weighted by atomic mass is 32.1. The molecule has 0 radical (unpaired) electrons. The topological polar surface area (TPSA) is 77.0 Å². The molecule has 2 aromatic carbocycles. The quantitative estimate of drug-likeness (QED) is 0.545. The molecule has 0 fully saturated rings. The van der Waals surface area contributed by atoms with Gasteiger partial charge < -0.3 is 10.2 Å². The lowest BCUT2D eigenvalue weighted by Gasteiger charge is -1.92. The Morgan fingerprint density at radius 3 is 2.90 bits per heavy atom. The third-order valence-electron chi connectivity index (χ3n) is 3.17. The zero-order valence-electron chi connectivity index (χ0n) is 11.3. The summed E-state index contributed by atoms with van der Waals surface area (Å²) in [5, 5.41) is 3.85.